The maximum atomic E-state index is 6.06. The van der Waals surface area contributed by atoms with E-state index in [0.717, 1.165) is 37.0 Å². The molecule has 6 heteroatoms. The van der Waals surface area contributed by atoms with Gasteiger partial charge in [0.1, 0.15) is 5.82 Å². The number of piperazine rings is 1. The van der Waals surface area contributed by atoms with Crippen molar-refractivity contribution in [2.75, 3.05) is 48.3 Å². The topological polar surface area (TPSA) is 44.3 Å². The minimum Gasteiger partial charge on any atom is -0.368 e. The lowest BCUT2D eigenvalue weighted by Crippen LogP contribution is -2.46. The number of aromatic nitrogens is 2. The molecule has 0 radical (unpaired) electrons. The highest BCUT2D eigenvalue weighted by Crippen LogP contribution is 2.22. The molecular formula is C15H18ClN5. The maximum Gasteiger partial charge on any atom is 0.224 e. The highest BCUT2D eigenvalue weighted by atomic mass is 35.5. The summed E-state index contributed by atoms with van der Waals surface area (Å²) in [5.74, 6) is 1.63. The second-order valence-corrected chi connectivity index (χ2v) is 5.38. The molecule has 2 aromatic rings. The Bertz CT molecular complexity index is 611. The molecule has 2 heterocycles. The third kappa shape index (κ3) is 3.19. The molecule has 3 rings (SSSR count). The van der Waals surface area contributed by atoms with Crippen LogP contribution < -0.4 is 15.1 Å². The second-order valence-electron chi connectivity index (χ2n) is 4.94. The Balaban J connectivity index is 1.67. The number of hydrogen-bond donors (Lipinski definition) is 1. The monoisotopic (exact) mass is 303 g/mol. The largest absolute Gasteiger partial charge is 0.368 e. The van der Waals surface area contributed by atoms with E-state index in [4.69, 9.17) is 11.6 Å². The fourth-order valence-electron chi connectivity index (χ4n) is 2.51. The summed E-state index contributed by atoms with van der Waals surface area (Å²) in [4.78, 5) is 13.3. The van der Waals surface area contributed by atoms with E-state index in [1.165, 1.54) is 5.69 Å². The molecule has 0 amide bonds. The predicted octanol–water partition coefficient (Wildman–Crippen LogP) is 2.50. The molecular weight excluding hydrogens is 286 g/mol. The minimum atomic E-state index is 0.657. The molecule has 0 bridgehead atoms. The van der Waals surface area contributed by atoms with Crippen molar-refractivity contribution in [2.45, 2.75) is 0 Å². The van der Waals surface area contributed by atoms with Crippen LogP contribution in [0, 0.1) is 0 Å². The van der Waals surface area contributed by atoms with Crippen molar-refractivity contribution in [2.24, 2.45) is 0 Å². The summed E-state index contributed by atoms with van der Waals surface area (Å²) < 4.78 is 0. The first kappa shape index (κ1) is 13.9. The molecule has 1 aliphatic rings. The van der Waals surface area contributed by atoms with Crippen molar-refractivity contribution >= 4 is 29.1 Å². The van der Waals surface area contributed by atoms with Crippen LogP contribution >= 0.6 is 11.6 Å². The van der Waals surface area contributed by atoms with Crippen LogP contribution in [-0.4, -0.2) is 43.2 Å². The Labute approximate surface area is 129 Å². The van der Waals surface area contributed by atoms with Crippen molar-refractivity contribution in [1.29, 1.82) is 0 Å². The van der Waals surface area contributed by atoms with Gasteiger partial charge >= 0.3 is 0 Å². The highest BCUT2D eigenvalue weighted by molar-refractivity contribution is 6.30. The standard InChI is InChI=1S/C15H18ClN5/c1-17-15-18-6-5-14(19-15)21-9-7-20(8-10-21)13-4-2-3-12(16)11-13/h2-6,11H,7-10H2,1H3,(H,17,18,19). The van der Waals surface area contributed by atoms with E-state index in [0.29, 0.717) is 5.95 Å². The van der Waals surface area contributed by atoms with Crippen LogP contribution in [0.5, 0.6) is 0 Å². The fourth-order valence-corrected chi connectivity index (χ4v) is 2.70. The van der Waals surface area contributed by atoms with Gasteiger partial charge in [-0.3, -0.25) is 0 Å². The van der Waals surface area contributed by atoms with Gasteiger partial charge in [-0.2, -0.15) is 4.98 Å². The van der Waals surface area contributed by atoms with Crippen LogP contribution in [0.15, 0.2) is 36.5 Å². The minimum absolute atomic E-state index is 0.657. The zero-order valence-corrected chi connectivity index (χ0v) is 12.7. The van der Waals surface area contributed by atoms with Crippen LogP contribution in [0.3, 0.4) is 0 Å². The van der Waals surface area contributed by atoms with Gasteiger partial charge in [-0.1, -0.05) is 17.7 Å². The molecule has 0 saturated carbocycles. The summed E-state index contributed by atoms with van der Waals surface area (Å²) in [6, 6.07) is 9.97. The van der Waals surface area contributed by atoms with Gasteiger partial charge in [-0.15, -0.1) is 0 Å². The van der Waals surface area contributed by atoms with Crippen LogP contribution in [0.25, 0.3) is 0 Å². The molecule has 1 fully saturated rings. The van der Waals surface area contributed by atoms with Gasteiger partial charge in [0, 0.05) is 50.1 Å². The van der Waals surface area contributed by atoms with E-state index in [2.05, 4.69) is 31.2 Å². The molecule has 0 spiro atoms. The van der Waals surface area contributed by atoms with Crippen molar-refractivity contribution in [3.05, 3.63) is 41.6 Å². The summed E-state index contributed by atoms with van der Waals surface area (Å²) in [5, 5.41) is 3.76. The predicted molar refractivity (Wildman–Crippen MR) is 87.5 cm³/mol. The number of benzene rings is 1. The molecule has 1 aromatic heterocycles. The first-order chi connectivity index (χ1) is 10.3. The molecule has 1 N–H and O–H groups in total. The summed E-state index contributed by atoms with van der Waals surface area (Å²) in [6.45, 7) is 3.79. The SMILES string of the molecule is CNc1nccc(N2CCN(c3cccc(Cl)c3)CC2)n1. The van der Waals surface area contributed by atoms with E-state index >= 15 is 0 Å². The summed E-state index contributed by atoms with van der Waals surface area (Å²) in [7, 11) is 1.83. The fraction of sp³-hybridized carbons (Fsp3) is 0.333. The Hall–Kier alpha value is -2.01. The molecule has 110 valence electrons. The number of nitrogens with zero attached hydrogens (tertiary/aromatic N) is 4. The lowest BCUT2D eigenvalue weighted by Gasteiger charge is -2.36. The lowest BCUT2D eigenvalue weighted by atomic mass is 10.2. The average Bonchev–Trinajstić information content (AvgIpc) is 2.55. The average molecular weight is 304 g/mol. The molecule has 0 unspecified atom stereocenters. The Morgan fingerprint density at radius 1 is 1.10 bits per heavy atom. The van der Waals surface area contributed by atoms with E-state index in [9.17, 15) is 0 Å². The number of nitrogens with one attached hydrogen (secondary N) is 1. The number of halogens is 1. The van der Waals surface area contributed by atoms with Gasteiger partial charge in [-0.05, 0) is 24.3 Å². The number of rotatable bonds is 3. The maximum absolute atomic E-state index is 6.06. The van der Waals surface area contributed by atoms with E-state index < -0.39 is 0 Å². The Morgan fingerprint density at radius 3 is 2.57 bits per heavy atom. The second kappa shape index (κ2) is 6.18. The van der Waals surface area contributed by atoms with E-state index in [1.807, 2.05) is 31.3 Å². The van der Waals surface area contributed by atoms with E-state index in [1.54, 1.807) is 6.20 Å². The van der Waals surface area contributed by atoms with E-state index in [-0.39, 0.29) is 0 Å². The molecule has 21 heavy (non-hydrogen) atoms. The molecule has 5 nitrogen and oxygen atoms in total. The lowest BCUT2D eigenvalue weighted by molar-refractivity contribution is 0.647. The van der Waals surface area contributed by atoms with Crippen LogP contribution in [-0.2, 0) is 0 Å². The number of anilines is 3. The number of hydrogen-bond acceptors (Lipinski definition) is 5. The smallest absolute Gasteiger partial charge is 0.224 e. The summed E-state index contributed by atoms with van der Waals surface area (Å²) in [6.07, 6.45) is 1.79. The normalized spacial score (nSPS) is 15.1. The Morgan fingerprint density at radius 2 is 1.86 bits per heavy atom. The summed E-state index contributed by atoms with van der Waals surface area (Å²) >= 11 is 6.06. The Kier molecular flexibility index (Phi) is 4.10. The van der Waals surface area contributed by atoms with Crippen LogP contribution in [0.1, 0.15) is 0 Å². The van der Waals surface area contributed by atoms with Crippen molar-refractivity contribution in [1.82, 2.24) is 9.97 Å². The van der Waals surface area contributed by atoms with Gasteiger partial charge in [-0.25, -0.2) is 4.98 Å². The first-order valence-electron chi connectivity index (χ1n) is 7.02. The van der Waals surface area contributed by atoms with Crippen molar-refractivity contribution in [3.63, 3.8) is 0 Å². The first-order valence-corrected chi connectivity index (χ1v) is 7.40. The molecule has 1 aliphatic heterocycles. The van der Waals surface area contributed by atoms with Gasteiger partial charge < -0.3 is 15.1 Å². The molecule has 1 saturated heterocycles. The van der Waals surface area contributed by atoms with Crippen molar-refractivity contribution in [3.8, 4) is 0 Å². The quantitative estimate of drug-likeness (QED) is 0.944. The third-order valence-corrected chi connectivity index (χ3v) is 3.88. The van der Waals surface area contributed by atoms with Crippen molar-refractivity contribution < 1.29 is 0 Å². The van der Waals surface area contributed by atoms with Crippen LogP contribution in [0.2, 0.25) is 5.02 Å². The van der Waals surface area contributed by atoms with Gasteiger partial charge in [0.05, 0.1) is 0 Å². The molecule has 0 atom stereocenters. The zero-order chi connectivity index (χ0) is 14.7. The van der Waals surface area contributed by atoms with Gasteiger partial charge in [0.15, 0.2) is 0 Å². The third-order valence-electron chi connectivity index (χ3n) is 3.64. The molecule has 0 aliphatic carbocycles. The zero-order valence-electron chi connectivity index (χ0n) is 12.0. The van der Waals surface area contributed by atoms with Gasteiger partial charge in [0.2, 0.25) is 5.95 Å². The molecule has 1 aromatic carbocycles. The summed E-state index contributed by atoms with van der Waals surface area (Å²) in [5.41, 5.74) is 1.18. The van der Waals surface area contributed by atoms with Crippen LogP contribution in [0.4, 0.5) is 17.5 Å². The highest BCUT2D eigenvalue weighted by Gasteiger charge is 2.18. The van der Waals surface area contributed by atoms with Gasteiger partial charge in [0.25, 0.3) is 0 Å².